The summed E-state index contributed by atoms with van der Waals surface area (Å²) < 4.78 is 1.32. The van der Waals surface area contributed by atoms with Gasteiger partial charge in [0.25, 0.3) is 0 Å². The SMILES string of the molecule is CCCC1CCN(CCc2nc3ccccc3s2)CC1. The minimum atomic E-state index is 0.985. The van der Waals surface area contributed by atoms with Crippen molar-refractivity contribution in [3.05, 3.63) is 29.3 Å². The van der Waals surface area contributed by atoms with E-state index in [4.69, 9.17) is 4.98 Å². The summed E-state index contributed by atoms with van der Waals surface area (Å²) in [6, 6.07) is 8.46. The standard InChI is InChI=1S/C17H24N2S/c1-2-5-14-8-11-19(12-9-14)13-10-17-18-15-6-3-4-7-16(15)20-17/h3-4,6-7,14H,2,5,8-13H2,1H3. The normalized spacial score (nSPS) is 17.9. The second kappa shape index (κ2) is 6.68. The molecule has 1 aliphatic heterocycles. The minimum absolute atomic E-state index is 0.985. The molecule has 1 aromatic carbocycles. The van der Waals surface area contributed by atoms with E-state index in [9.17, 15) is 0 Å². The molecule has 2 nitrogen and oxygen atoms in total. The molecule has 1 saturated heterocycles. The third-order valence-corrected chi connectivity index (χ3v) is 5.48. The summed E-state index contributed by atoms with van der Waals surface area (Å²) in [5.41, 5.74) is 1.16. The zero-order chi connectivity index (χ0) is 13.8. The molecule has 1 aliphatic rings. The van der Waals surface area contributed by atoms with Gasteiger partial charge in [-0.1, -0.05) is 31.9 Å². The number of nitrogens with zero attached hydrogens (tertiary/aromatic N) is 2. The maximum atomic E-state index is 4.73. The van der Waals surface area contributed by atoms with Crippen LogP contribution in [-0.2, 0) is 6.42 Å². The van der Waals surface area contributed by atoms with Crippen molar-refractivity contribution < 1.29 is 0 Å². The highest BCUT2D eigenvalue weighted by atomic mass is 32.1. The lowest BCUT2D eigenvalue weighted by atomic mass is 9.92. The summed E-state index contributed by atoms with van der Waals surface area (Å²) in [5.74, 6) is 0.985. The van der Waals surface area contributed by atoms with Gasteiger partial charge in [-0.2, -0.15) is 0 Å². The smallest absolute Gasteiger partial charge is 0.0951 e. The fraction of sp³-hybridized carbons (Fsp3) is 0.588. The van der Waals surface area contributed by atoms with Crippen molar-refractivity contribution in [3.8, 4) is 0 Å². The number of hydrogen-bond donors (Lipinski definition) is 0. The van der Waals surface area contributed by atoms with Gasteiger partial charge in [-0.25, -0.2) is 4.98 Å². The molecule has 0 amide bonds. The molecular formula is C17H24N2S. The van der Waals surface area contributed by atoms with Gasteiger partial charge in [-0.15, -0.1) is 11.3 Å². The van der Waals surface area contributed by atoms with E-state index >= 15 is 0 Å². The fourth-order valence-electron chi connectivity index (χ4n) is 3.19. The van der Waals surface area contributed by atoms with E-state index in [0.717, 1.165) is 17.9 Å². The molecule has 1 aromatic heterocycles. The van der Waals surface area contributed by atoms with Crippen LogP contribution in [0.15, 0.2) is 24.3 Å². The largest absolute Gasteiger partial charge is 0.303 e. The van der Waals surface area contributed by atoms with E-state index in [2.05, 4.69) is 36.1 Å². The third kappa shape index (κ3) is 3.39. The Balaban J connectivity index is 1.50. The number of benzene rings is 1. The van der Waals surface area contributed by atoms with Crippen molar-refractivity contribution in [1.29, 1.82) is 0 Å². The van der Waals surface area contributed by atoms with Crippen LogP contribution >= 0.6 is 11.3 Å². The number of likely N-dealkylation sites (tertiary alicyclic amines) is 1. The Bertz CT molecular complexity index is 508. The van der Waals surface area contributed by atoms with Crippen LogP contribution < -0.4 is 0 Å². The molecule has 0 N–H and O–H groups in total. The molecule has 2 aromatic rings. The molecule has 2 heterocycles. The summed E-state index contributed by atoms with van der Waals surface area (Å²) in [4.78, 5) is 7.36. The summed E-state index contributed by atoms with van der Waals surface area (Å²) in [5, 5.41) is 1.29. The van der Waals surface area contributed by atoms with Crippen LogP contribution in [0, 0.1) is 5.92 Å². The first kappa shape index (κ1) is 14.0. The van der Waals surface area contributed by atoms with E-state index < -0.39 is 0 Å². The van der Waals surface area contributed by atoms with E-state index in [1.165, 1.54) is 55.0 Å². The summed E-state index contributed by atoms with van der Waals surface area (Å²) >= 11 is 1.86. The van der Waals surface area contributed by atoms with Crippen LogP contribution in [0.4, 0.5) is 0 Å². The summed E-state index contributed by atoms with van der Waals surface area (Å²) in [7, 11) is 0. The zero-order valence-electron chi connectivity index (χ0n) is 12.3. The number of aromatic nitrogens is 1. The molecule has 0 saturated carbocycles. The number of rotatable bonds is 5. The van der Waals surface area contributed by atoms with Crippen LogP contribution in [0.5, 0.6) is 0 Å². The monoisotopic (exact) mass is 288 g/mol. The van der Waals surface area contributed by atoms with E-state index in [0.29, 0.717) is 0 Å². The molecule has 108 valence electrons. The lowest BCUT2D eigenvalue weighted by Crippen LogP contribution is -2.35. The van der Waals surface area contributed by atoms with Gasteiger partial charge in [-0.3, -0.25) is 0 Å². The molecule has 1 fully saturated rings. The van der Waals surface area contributed by atoms with Crippen molar-refractivity contribution in [3.63, 3.8) is 0 Å². The summed E-state index contributed by atoms with van der Waals surface area (Å²) in [6.07, 6.45) is 6.67. The number of fused-ring (bicyclic) bond motifs is 1. The Hall–Kier alpha value is -0.930. The van der Waals surface area contributed by atoms with Crippen LogP contribution in [0.3, 0.4) is 0 Å². The van der Waals surface area contributed by atoms with Gasteiger partial charge in [0, 0.05) is 13.0 Å². The van der Waals surface area contributed by atoms with Gasteiger partial charge in [-0.05, 0) is 44.0 Å². The van der Waals surface area contributed by atoms with Crippen LogP contribution in [-0.4, -0.2) is 29.5 Å². The Labute approximate surface area is 125 Å². The number of thiazole rings is 1. The van der Waals surface area contributed by atoms with Gasteiger partial charge < -0.3 is 4.90 Å². The highest BCUT2D eigenvalue weighted by Gasteiger charge is 2.18. The topological polar surface area (TPSA) is 16.1 Å². The fourth-order valence-corrected chi connectivity index (χ4v) is 4.14. The Morgan fingerprint density at radius 3 is 2.80 bits per heavy atom. The van der Waals surface area contributed by atoms with E-state index in [-0.39, 0.29) is 0 Å². The zero-order valence-corrected chi connectivity index (χ0v) is 13.2. The molecule has 0 radical (unpaired) electrons. The molecule has 0 aliphatic carbocycles. The first-order valence-electron chi connectivity index (χ1n) is 7.92. The second-order valence-corrected chi connectivity index (χ2v) is 7.01. The minimum Gasteiger partial charge on any atom is -0.303 e. The Morgan fingerprint density at radius 1 is 1.25 bits per heavy atom. The second-order valence-electron chi connectivity index (χ2n) is 5.90. The quantitative estimate of drug-likeness (QED) is 0.813. The van der Waals surface area contributed by atoms with Crippen molar-refractivity contribution in [2.45, 2.75) is 39.0 Å². The predicted octanol–water partition coefficient (Wildman–Crippen LogP) is 4.35. The molecule has 0 unspecified atom stereocenters. The average Bonchev–Trinajstić information content (AvgIpc) is 2.90. The molecule has 0 atom stereocenters. The Kier molecular flexibility index (Phi) is 4.69. The highest BCUT2D eigenvalue weighted by Crippen LogP contribution is 2.24. The molecule has 0 spiro atoms. The van der Waals surface area contributed by atoms with Crippen molar-refractivity contribution in [2.24, 2.45) is 5.92 Å². The maximum Gasteiger partial charge on any atom is 0.0951 e. The third-order valence-electron chi connectivity index (χ3n) is 4.38. The lowest BCUT2D eigenvalue weighted by molar-refractivity contribution is 0.180. The summed E-state index contributed by atoms with van der Waals surface area (Å²) in [6.45, 7) is 6.06. The predicted molar refractivity (Wildman–Crippen MR) is 87.4 cm³/mol. The van der Waals surface area contributed by atoms with Crippen LogP contribution in [0.1, 0.15) is 37.6 Å². The van der Waals surface area contributed by atoms with Gasteiger partial charge >= 0.3 is 0 Å². The highest BCUT2D eigenvalue weighted by molar-refractivity contribution is 7.18. The number of hydrogen-bond acceptors (Lipinski definition) is 3. The molecule has 20 heavy (non-hydrogen) atoms. The first-order valence-corrected chi connectivity index (χ1v) is 8.73. The molecule has 0 bridgehead atoms. The maximum absolute atomic E-state index is 4.73. The lowest BCUT2D eigenvalue weighted by Gasteiger charge is -2.31. The van der Waals surface area contributed by atoms with Crippen LogP contribution in [0.2, 0.25) is 0 Å². The first-order chi connectivity index (χ1) is 9.85. The van der Waals surface area contributed by atoms with Gasteiger partial charge in [0.2, 0.25) is 0 Å². The van der Waals surface area contributed by atoms with Crippen LogP contribution in [0.25, 0.3) is 10.2 Å². The number of piperidine rings is 1. The van der Waals surface area contributed by atoms with Gasteiger partial charge in [0.15, 0.2) is 0 Å². The van der Waals surface area contributed by atoms with E-state index in [1.807, 2.05) is 11.3 Å². The molecule has 3 rings (SSSR count). The molecular weight excluding hydrogens is 264 g/mol. The van der Waals surface area contributed by atoms with E-state index in [1.54, 1.807) is 0 Å². The van der Waals surface area contributed by atoms with Crippen molar-refractivity contribution in [2.75, 3.05) is 19.6 Å². The van der Waals surface area contributed by atoms with Crippen molar-refractivity contribution in [1.82, 2.24) is 9.88 Å². The Morgan fingerprint density at radius 2 is 2.05 bits per heavy atom. The number of para-hydroxylation sites is 1. The van der Waals surface area contributed by atoms with Crippen molar-refractivity contribution >= 4 is 21.6 Å². The van der Waals surface area contributed by atoms with Gasteiger partial charge in [0.05, 0.1) is 15.2 Å². The van der Waals surface area contributed by atoms with Gasteiger partial charge in [0.1, 0.15) is 0 Å². The molecule has 3 heteroatoms. The average molecular weight is 288 g/mol.